The van der Waals surface area contributed by atoms with E-state index in [0.29, 0.717) is 109 Å². The number of phenolic OH excluding ortho intramolecular Hbond substituents is 1. The van der Waals surface area contributed by atoms with Crippen molar-refractivity contribution in [2.24, 2.45) is 7.05 Å². The van der Waals surface area contributed by atoms with Crippen LogP contribution in [0.5, 0.6) is 11.8 Å². The van der Waals surface area contributed by atoms with Crippen LogP contribution in [0.15, 0.2) is 53.5 Å². The summed E-state index contributed by atoms with van der Waals surface area (Å²) in [6.45, 7) is 6.99. The number of amides is 3. The van der Waals surface area contributed by atoms with Crippen molar-refractivity contribution in [1.29, 1.82) is 0 Å². The maximum absolute atomic E-state index is 17.2. The number of β-amino-alcohol motifs (C(OH)–C–C–N with tert-alkyl or cyclic N) is 1. The molecule has 0 aliphatic carbocycles. The predicted octanol–water partition coefficient (Wildman–Crippen LogP) is 6.81. The Hall–Kier alpha value is -7.21. The van der Waals surface area contributed by atoms with E-state index in [1.807, 2.05) is 17.9 Å². The van der Waals surface area contributed by atoms with E-state index >= 15 is 8.78 Å². The predicted molar refractivity (Wildman–Crippen MR) is 282 cm³/mol. The summed E-state index contributed by atoms with van der Waals surface area (Å²) in [5.41, 5.74) is 0.552. The molecule has 77 heavy (non-hydrogen) atoms. The standard InChI is InChI=1S/C57H63F2N9O9/c1-4-39-42(58)14-13-35-28-37(69)29-40(46(35)39)48-47(59)49-41(30-60-48)51(66-23-8-20-56(2,74)32-66)63-53(62-49)77-33-57-21-9-24-67(57)36(17-22-57)31-76-55(73)65-25-18-38(19-26-65)75-27-6-5-10-34-11-7-12-43-50(34)64(3)54(72)68(43)44-15-16-45(70)61-52(44)71/h7,11-14,28-30,36,38,44,69,74H,4,6,8-9,15-27,31-33H2,1-3H3,(H,61,70,71)/t36-,44?,56+,57-/m0/s1. The number of nitrogens with one attached hydrogen (secondary N) is 1. The molecule has 5 fully saturated rings. The Morgan fingerprint density at radius 1 is 0.987 bits per heavy atom. The molecular formula is C57H63F2N9O9. The molecule has 0 radical (unpaired) electrons. The molecule has 11 rings (SSSR count). The van der Waals surface area contributed by atoms with Gasteiger partial charge in [-0.3, -0.25) is 33.9 Å². The molecule has 3 aromatic heterocycles. The minimum atomic E-state index is -1.01. The lowest BCUT2D eigenvalue weighted by atomic mass is 9.94. The second kappa shape index (κ2) is 21.0. The number of aliphatic hydroxyl groups is 1. The van der Waals surface area contributed by atoms with Gasteiger partial charge in [0.15, 0.2) is 5.82 Å². The first kappa shape index (κ1) is 51.9. The number of phenols is 1. The first-order valence-corrected chi connectivity index (χ1v) is 26.9. The highest BCUT2D eigenvalue weighted by Gasteiger charge is 2.50. The van der Waals surface area contributed by atoms with E-state index in [1.165, 1.54) is 33.5 Å². The molecule has 3 amide bonds. The van der Waals surface area contributed by atoms with Crippen LogP contribution in [0.4, 0.5) is 19.4 Å². The monoisotopic (exact) mass is 1060 g/mol. The number of nitrogens with zero attached hydrogens (tertiary/aromatic N) is 8. The maximum atomic E-state index is 17.2. The molecule has 3 N–H and O–H groups in total. The van der Waals surface area contributed by atoms with E-state index in [9.17, 15) is 29.4 Å². The molecule has 5 saturated heterocycles. The highest BCUT2D eigenvalue weighted by Crippen LogP contribution is 2.44. The Morgan fingerprint density at radius 3 is 2.60 bits per heavy atom. The highest BCUT2D eigenvalue weighted by atomic mass is 19.1. The van der Waals surface area contributed by atoms with Crippen molar-refractivity contribution in [1.82, 2.24) is 39.2 Å². The lowest BCUT2D eigenvalue weighted by Gasteiger charge is -2.38. The molecule has 6 aromatic rings. The first-order valence-electron chi connectivity index (χ1n) is 26.9. The van der Waals surface area contributed by atoms with Crippen molar-refractivity contribution in [3.63, 3.8) is 0 Å². The highest BCUT2D eigenvalue weighted by molar-refractivity contribution is 6.02. The number of hydrogen-bond donors (Lipinski definition) is 3. The van der Waals surface area contributed by atoms with Gasteiger partial charge in [0.1, 0.15) is 47.9 Å². The number of hydrogen-bond acceptors (Lipinski definition) is 14. The molecule has 20 heteroatoms. The fourth-order valence-corrected chi connectivity index (χ4v) is 12.6. The Balaban J connectivity index is 0.714. The van der Waals surface area contributed by atoms with Gasteiger partial charge in [0, 0.05) is 63.9 Å². The van der Waals surface area contributed by atoms with Gasteiger partial charge < -0.3 is 34.2 Å². The minimum Gasteiger partial charge on any atom is -0.508 e. The Labute approximate surface area is 443 Å². The number of anilines is 1. The number of aromatic nitrogens is 5. The SMILES string of the molecule is CCc1c(F)ccc2cc(O)cc(-c3ncc4c(N5CCC[C@@](C)(O)C5)nc(OC[C@@]56CCCN5[C@H](COC(=O)N5CCC(OCCC#Cc7cccc8c7n(C)c(=O)n8C7CCC(=O)NC7=O)CC5)CC6)nc4c3F)c12. The summed E-state index contributed by atoms with van der Waals surface area (Å²) in [5, 5.41) is 25.6. The van der Waals surface area contributed by atoms with Crippen LogP contribution in [0.3, 0.4) is 0 Å². The van der Waals surface area contributed by atoms with Crippen LogP contribution in [-0.4, -0.2) is 138 Å². The van der Waals surface area contributed by atoms with Gasteiger partial charge in [-0.25, -0.2) is 18.4 Å². The molecule has 8 heterocycles. The molecular weight excluding hydrogens is 993 g/mol. The normalized spacial score (nSPS) is 23.1. The van der Waals surface area contributed by atoms with Gasteiger partial charge in [0.25, 0.3) is 0 Å². The topological polar surface area (TPSA) is 207 Å². The zero-order valence-electron chi connectivity index (χ0n) is 43.6. The summed E-state index contributed by atoms with van der Waals surface area (Å²) in [6, 6.07) is 10.4. The number of aromatic hydroxyl groups is 1. The molecule has 4 atom stereocenters. The second-order valence-corrected chi connectivity index (χ2v) is 21.5. The number of likely N-dealkylation sites (tertiary alicyclic amines) is 1. The number of pyridine rings is 1. The zero-order valence-corrected chi connectivity index (χ0v) is 43.6. The smallest absolute Gasteiger partial charge is 0.409 e. The largest absolute Gasteiger partial charge is 0.508 e. The van der Waals surface area contributed by atoms with Crippen molar-refractivity contribution in [3.05, 3.63) is 81.9 Å². The molecule has 3 aromatic carbocycles. The summed E-state index contributed by atoms with van der Waals surface area (Å²) < 4.78 is 54.1. The number of imide groups is 1. The third-order valence-electron chi connectivity index (χ3n) is 16.4. The van der Waals surface area contributed by atoms with Gasteiger partial charge in [-0.05, 0) is 124 Å². The summed E-state index contributed by atoms with van der Waals surface area (Å²) in [6.07, 6.45) is 8.18. The molecule has 0 saturated carbocycles. The van der Waals surface area contributed by atoms with Crippen molar-refractivity contribution >= 4 is 56.4 Å². The van der Waals surface area contributed by atoms with Crippen molar-refractivity contribution in [2.75, 3.05) is 57.4 Å². The van der Waals surface area contributed by atoms with E-state index in [1.54, 1.807) is 37.1 Å². The quantitative estimate of drug-likeness (QED) is 0.0655. The number of carbonyl (C=O) groups is 3. The molecule has 0 spiro atoms. The summed E-state index contributed by atoms with van der Waals surface area (Å²) in [4.78, 5) is 71.3. The van der Waals surface area contributed by atoms with E-state index in [4.69, 9.17) is 19.2 Å². The lowest BCUT2D eigenvalue weighted by molar-refractivity contribution is -0.135. The number of ether oxygens (including phenoxy) is 3. The van der Waals surface area contributed by atoms with Crippen LogP contribution in [0.1, 0.15) is 102 Å². The number of halogens is 2. The number of benzene rings is 3. The van der Waals surface area contributed by atoms with Crippen molar-refractivity contribution in [3.8, 4) is 34.9 Å². The van der Waals surface area contributed by atoms with Gasteiger partial charge in [0.2, 0.25) is 11.8 Å². The number of fused-ring (bicyclic) bond motifs is 4. The third-order valence-corrected chi connectivity index (χ3v) is 16.4. The van der Waals surface area contributed by atoms with Crippen LogP contribution in [0, 0.1) is 23.5 Å². The summed E-state index contributed by atoms with van der Waals surface area (Å²) in [5.74, 6) is 4.55. The number of piperidine rings is 3. The fraction of sp³-hybridized carbons (Fsp3) is 0.491. The minimum absolute atomic E-state index is 0.0289. The van der Waals surface area contributed by atoms with E-state index < -0.39 is 29.2 Å². The molecule has 5 aliphatic heterocycles. The third kappa shape index (κ3) is 9.93. The average molecular weight is 1060 g/mol. The van der Waals surface area contributed by atoms with E-state index in [0.717, 1.165) is 32.2 Å². The Morgan fingerprint density at radius 2 is 1.81 bits per heavy atom. The van der Waals surface area contributed by atoms with Gasteiger partial charge in [0.05, 0.1) is 45.8 Å². The number of carbonyl (C=O) groups excluding carboxylic acids is 3. The van der Waals surface area contributed by atoms with Crippen molar-refractivity contribution < 1.29 is 47.6 Å². The number of rotatable bonds is 12. The second-order valence-electron chi connectivity index (χ2n) is 21.5. The van der Waals surface area contributed by atoms with Gasteiger partial charge in [-0.15, -0.1) is 0 Å². The van der Waals surface area contributed by atoms with E-state index in [-0.39, 0.29) is 96.5 Å². The molecule has 1 unspecified atom stereocenters. The van der Waals surface area contributed by atoms with Crippen molar-refractivity contribution in [2.45, 2.75) is 120 Å². The Bertz CT molecular complexity index is 3450. The molecule has 18 nitrogen and oxygen atoms in total. The summed E-state index contributed by atoms with van der Waals surface area (Å²) in [7, 11) is 1.65. The average Bonchev–Trinajstić information content (AvgIpc) is 4.18. The number of para-hydroxylation sites is 1. The lowest BCUT2D eigenvalue weighted by Crippen LogP contribution is -2.48. The Kier molecular flexibility index (Phi) is 14.1. The van der Waals surface area contributed by atoms with Crippen LogP contribution in [0.25, 0.3) is 44.0 Å². The molecule has 5 aliphatic rings. The van der Waals surface area contributed by atoms with E-state index in [2.05, 4.69) is 32.0 Å². The first-order chi connectivity index (χ1) is 37.1. The van der Waals surface area contributed by atoms with Gasteiger partial charge in [-0.1, -0.05) is 30.9 Å². The zero-order chi connectivity index (χ0) is 53.8. The molecule has 0 bridgehead atoms. The van der Waals surface area contributed by atoms with Crippen LogP contribution in [0.2, 0.25) is 0 Å². The summed E-state index contributed by atoms with van der Waals surface area (Å²) >= 11 is 0. The van der Waals surface area contributed by atoms with Gasteiger partial charge >= 0.3 is 17.8 Å². The van der Waals surface area contributed by atoms with Crippen LogP contribution >= 0.6 is 0 Å². The molecule has 404 valence electrons. The van der Waals surface area contributed by atoms with Crippen LogP contribution in [-0.2, 0) is 32.5 Å². The number of aryl methyl sites for hydroxylation is 2. The van der Waals surface area contributed by atoms with Gasteiger partial charge in [-0.2, -0.15) is 9.97 Å². The number of imidazole rings is 1. The maximum Gasteiger partial charge on any atom is 0.409 e. The van der Waals surface area contributed by atoms with Crippen LogP contribution < -0.4 is 20.6 Å². The fourth-order valence-electron chi connectivity index (χ4n) is 12.6.